The van der Waals surface area contributed by atoms with Gasteiger partial charge in [-0.2, -0.15) is 26.3 Å². The van der Waals surface area contributed by atoms with Gasteiger partial charge in [-0.25, -0.2) is 0 Å². The molecule has 0 bridgehead atoms. The summed E-state index contributed by atoms with van der Waals surface area (Å²) in [5.41, 5.74) is 1.91. The molecule has 3 aliphatic rings. The number of carbonyl (C=O) groups is 1. The first-order valence-corrected chi connectivity index (χ1v) is 12.0. The SMILES string of the molecule is O=C(O)C1CCN(c2ccccc2CN2CCC3(CCN(C(C(F)(F)F)C(F)(F)F)CC3)C2)CC1. The summed E-state index contributed by atoms with van der Waals surface area (Å²) in [6.45, 7) is 2.94. The molecule has 3 saturated heterocycles. The summed E-state index contributed by atoms with van der Waals surface area (Å²) in [5.74, 6) is -1.08. The van der Waals surface area contributed by atoms with Crippen LogP contribution in [0.15, 0.2) is 24.3 Å². The van der Waals surface area contributed by atoms with Gasteiger partial charge in [0.1, 0.15) is 0 Å². The molecule has 196 valence electrons. The zero-order valence-corrected chi connectivity index (χ0v) is 19.4. The van der Waals surface area contributed by atoms with Crippen LogP contribution in [0.4, 0.5) is 32.0 Å². The highest BCUT2D eigenvalue weighted by atomic mass is 19.4. The summed E-state index contributed by atoms with van der Waals surface area (Å²) in [4.78, 5) is 16.2. The highest BCUT2D eigenvalue weighted by molar-refractivity contribution is 5.70. The first kappa shape index (κ1) is 26.1. The van der Waals surface area contributed by atoms with E-state index in [9.17, 15) is 36.2 Å². The maximum Gasteiger partial charge on any atom is 0.412 e. The molecule has 1 aromatic carbocycles. The molecule has 3 fully saturated rings. The Morgan fingerprint density at radius 1 is 0.943 bits per heavy atom. The predicted octanol–water partition coefficient (Wildman–Crippen LogP) is 4.77. The van der Waals surface area contributed by atoms with Crippen LogP contribution in [0.25, 0.3) is 0 Å². The van der Waals surface area contributed by atoms with Gasteiger partial charge in [-0.1, -0.05) is 18.2 Å². The van der Waals surface area contributed by atoms with E-state index in [-0.39, 0.29) is 24.4 Å². The lowest BCUT2D eigenvalue weighted by Crippen LogP contribution is -2.58. The Labute approximate surface area is 200 Å². The van der Waals surface area contributed by atoms with Crippen molar-refractivity contribution < 1.29 is 36.2 Å². The highest BCUT2D eigenvalue weighted by Gasteiger charge is 2.60. The summed E-state index contributed by atoms with van der Waals surface area (Å²) in [6.07, 6.45) is -8.11. The molecular formula is C24H31F6N3O2. The zero-order valence-electron chi connectivity index (χ0n) is 19.4. The third-order valence-electron chi connectivity index (χ3n) is 7.93. The molecule has 0 aliphatic carbocycles. The van der Waals surface area contributed by atoms with Crippen LogP contribution in [-0.4, -0.2) is 78.5 Å². The zero-order chi connectivity index (χ0) is 25.4. The van der Waals surface area contributed by atoms with Gasteiger partial charge >= 0.3 is 18.3 Å². The lowest BCUT2D eigenvalue weighted by Gasteiger charge is -2.43. The molecule has 0 saturated carbocycles. The fraction of sp³-hybridized carbons (Fsp3) is 0.708. The van der Waals surface area contributed by atoms with Crippen molar-refractivity contribution in [1.29, 1.82) is 0 Å². The van der Waals surface area contributed by atoms with E-state index in [0.717, 1.165) is 24.2 Å². The number of hydrogen-bond donors (Lipinski definition) is 1. The lowest BCUT2D eigenvalue weighted by atomic mass is 9.77. The van der Waals surface area contributed by atoms with Crippen molar-refractivity contribution in [3.63, 3.8) is 0 Å². The molecule has 0 unspecified atom stereocenters. The molecule has 0 aromatic heterocycles. The molecule has 0 amide bonds. The number of carboxylic acid groups (broad SMARTS) is 1. The van der Waals surface area contributed by atoms with Gasteiger partial charge < -0.3 is 10.0 Å². The molecule has 4 rings (SSSR count). The number of nitrogens with zero attached hydrogens (tertiary/aromatic N) is 3. The standard InChI is InChI=1S/C24H31F6N3O2/c25-23(26,27)21(24(28,29)30)33-13-8-22(9-14-33)7-12-31(16-22)15-18-3-1-2-4-19(18)32-10-5-17(6-11-32)20(34)35/h1-4,17,21H,5-16H2,(H,34,35). The fourth-order valence-corrected chi connectivity index (χ4v) is 5.99. The van der Waals surface area contributed by atoms with Crippen LogP contribution in [0.1, 0.15) is 37.7 Å². The number of rotatable bonds is 5. The number of alkyl halides is 6. The van der Waals surface area contributed by atoms with Crippen molar-refractivity contribution in [3.05, 3.63) is 29.8 Å². The first-order valence-electron chi connectivity index (χ1n) is 12.0. The smallest absolute Gasteiger partial charge is 0.412 e. The van der Waals surface area contributed by atoms with Crippen molar-refractivity contribution >= 4 is 11.7 Å². The minimum absolute atomic E-state index is 0.216. The molecule has 5 nitrogen and oxygen atoms in total. The van der Waals surface area contributed by atoms with Crippen LogP contribution in [0.2, 0.25) is 0 Å². The Morgan fingerprint density at radius 3 is 2.09 bits per heavy atom. The summed E-state index contributed by atoms with van der Waals surface area (Å²) >= 11 is 0. The van der Waals surface area contributed by atoms with Gasteiger partial charge in [-0.15, -0.1) is 0 Å². The van der Waals surface area contributed by atoms with Gasteiger partial charge in [-0.3, -0.25) is 14.6 Å². The van der Waals surface area contributed by atoms with Crippen LogP contribution >= 0.6 is 0 Å². The Hall–Kier alpha value is -2.01. The van der Waals surface area contributed by atoms with Crippen LogP contribution in [0.3, 0.4) is 0 Å². The first-order chi connectivity index (χ1) is 16.4. The van der Waals surface area contributed by atoms with Crippen LogP contribution in [-0.2, 0) is 11.3 Å². The summed E-state index contributed by atoms with van der Waals surface area (Å²) in [6, 6.07) is 4.54. The average molecular weight is 508 g/mol. The minimum Gasteiger partial charge on any atom is -0.481 e. The van der Waals surface area contributed by atoms with E-state index in [2.05, 4.69) is 9.80 Å². The van der Waals surface area contributed by atoms with E-state index in [4.69, 9.17) is 0 Å². The van der Waals surface area contributed by atoms with Crippen LogP contribution in [0, 0.1) is 11.3 Å². The van der Waals surface area contributed by atoms with Crippen molar-refractivity contribution in [3.8, 4) is 0 Å². The van der Waals surface area contributed by atoms with E-state index >= 15 is 0 Å². The van der Waals surface area contributed by atoms with E-state index < -0.39 is 24.4 Å². The Bertz CT molecular complexity index is 876. The van der Waals surface area contributed by atoms with Gasteiger partial charge in [0, 0.05) is 31.9 Å². The highest BCUT2D eigenvalue weighted by Crippen LogP contribution is 2.45. The molecule has 1 spiro atoms. The van der Waals surface area contributed by atoms with E-state index in [1.165, 1.54) is 0 Å². The van der Waals surface area contributed by atoms with Crippen LogP contribution < -0.4 is 4.90 Å². The number of anilines is 1. The van der Waals surface area contributed by atoms with Crippen molar-refractivity contribution in [1.82, 2.24) is 9.80 Å². The van der Waals surface area contributed by atoms with E-state index in [1.54, 1.807) is 0 Å². The van der Waals surface area contributed by atoms with E-state index in [1.807, 2.05) is 24.3 Å². The average Bonchev–Trinajstić information content (AvgIpc) is 3.16. The number of hydrogen-bond acceptors (Lipinski definition) is 4. The van der Waals surface area contributed by atoms with Gasteiger partial charge in [0.05, 0.1) is 5.92 Å². The Morgan fingerprint density at radius 2 is 1.51 bits per heavy atom. The number of para-hydroxylation sites is 1. The third kappa shape index (κ3) is 5.87. The quantitative estimate of drug-likeness (QED) is 0.582. The molecule has 1 N–H and O–H groups in total. The van der Waals surface area contributed by atoms with Crippen LogP contribution in [0.5, 0.6) is 0 Å². The fourth-order valence-electron chi connectivity index (χ4n) is 5.99. The minimum atomic E-state index is -5.34. The molecule has 11 heteroatoms. The molecular weight excluding hydrogens is 476 g/mol. The second-order valence-electron chi connectivity index (χ2n) is 10.2. The summed E-state index contributed by atoms with van der Waals surface area (Å²) in [7, 11) is 0. The number of piperidine rings is 2. The van der Waals surface area contributed by atoms with Gasteiger partial charge in [0.25, 0.3) is 0 Å². The normalized spacial score (nSPS) is 22.9. The molecule has 3 heterocycles. The van der Waals surface area contributed by atoms with Crippen molar-refractivity contribution in [2.75, 3.05) is 44.2 Å². The molecule has 35 heavy (non-hydrogen) atoms. The number of carboxylic acids is 1. The van der Waals surface area contributed by atoms with Gasteiger partial charge in [0.2, 0.25) is 6.04 Å². The van der Waals surface area contributed by atoms with Gasteiger partial charge in [-0.05, 0) is 68.8 Å². The Kier molecular flexibility index (Phi) is 7.30. The lowest BCUT2D eigenvalue weighted by molar-refractivity contribution is -0.290. The van der Waals surface area contributed by atoms with Gasteiger partial charge in [0.15, 0.2) is 0 Å². The largest absolute Gasteiger partial charge is 0.481 e. The predicted molar refractivity (Wildman–Crippen MR) is 118 cm³/mol. The molecule has 0 radical (unpaired) electrons. The number of likely N-dealkylation sites (tertiary alicyclic amines) is 2. The third-order valence-corrected chi connectivity index (χ3v) is 7.93. The maximum absolute atomic E-state index is 13.1. The molecule has 1 aromatic rings. The topological polar surface area (TPSA) is 47.0 Å². The monoisotopic (exact) mass is 507 g/mol. The second-order valence-corrected chi connectivity index (χ2v) is 10.2. The van der Waals surface area contributed by atoms with Crippen molar-refractivity contribution in [2.45, 2.75) is 57.0 Å². The molecule has 3 aliphatic heterocycles. The summed E-state index contributed by atoms with van der Waals surface area (Å²) in [5, 5.41) is 9.25. The summed E-state index contributed by atoms with van der Waals surface area (Å²) < 4.78 is 78.7. The van der Waals surface area contributed by atoms with E-state index in [0.29, 0.717) is 56.8 Å². The number of halogens is 6. The number of aliphatic carboxylic acids is 1. The number of benzene rings is 1. The Balaban J connectivity index is 1.36. The second kappa shape index (κ2) is 9.80. The molecule has 0 atom stereocenters. The maximum atomic E-state index is 13.1. The van der Waals surface area contributed by atoms with Crippen molar-refractivity contribution in [2.24, 2.45) is 11.3 Å².